The first-order valence-corrected chi connectivity index (χ1v) is 8.46. The molecule has 0 unspecified atom stereocenters. The zero-order valence-corrected chi connectivity index (χ0v) is 14.0. The monoisotopic (exact) mass is 322 g/mol. The lowest BCUT2D eigenvalue weighted by Crippen LogP contribution is -2.11. The number of carbonyl (C=O) groups is 1. The predicted octanol–water partition coefficient (Wildman–Crippen LogP) is 4.93. The second-order valence-electron chi connectivity index (χ2n) is 5.33. The Balaban J connectivity index is 1.71. The molecule has 3 aromatic rings. The van der Waals surface area contributed by atoms with Crippen LogP contribution in [-0.4, -0.2) is 10.9 Å². The highest BCUT2D eigenvalue weighted by Crippen LogP contribution is 2.23. The van der Waals surface area contributed by atoms with E-state index in [1.165, 1.54) is 5.56 Å². The van der Waals surface area contributed by atoms with E-state index >= 15 is 0 Å². The van der Waals surface area contributed by atoms with Crippen LogP contribution in [-0.2, 0) is 6.42 Å². The zero-order valence-electron chi connectivity index (χ0n) is 13.2. The summed E-state index contributed by atoms with van der Waals surface area (Å²) in [4.78, 5) is 16.7. The van der Waals surface area contributed by atoms with Crippen LogP contribution in [0, 0.1) is 6.92 Å². The molecule has 3 rings (SSSR count). The Hall–Kier alpha value is -2.46. The number of aromatic nitrogens is 1. The number of carbonyl (C=O) groups excluding carboxylic acids is 1. The van der Waals surface area contributed by atoms with Crippen molar-refractivity contribution in [1.29, 1.82) is 0 Å². The third-order valence-electron chi connectivity index (χ3n) is 3.68. The Labute approximate surface area is 140 Å². The topological polar surface area (TPSA) is 42.0 Å². The molecule has 1 N–H and O–H groups in total. The fourth-order valence-corrected chi connectivity index (χ4v) is 2.94. The summed E-state index contributed by atoms with van der Waals surface area (Å²) in [7, 11) is 0. The summed E-state index contributed by atoms with van der Waals surface area (Å²) in [5, 5.41) is 6.01. The number of benzene rings is 2. The molecule has 116 valence electrons. The van der Waals surface area contributed by atoms with Crippen LogP contribution in [0.4, 0.5) is 5.69 Å². The number of hydrogen-bond acceptors (Lipinski definition) is 3. The van der Waals surface area contributed by atoms with Crippen molar-refractivity contribution in [3.63, 3.8) is 0 Å². The van der Waals surface area contributed by atoms with E-state index in [-0.39, 0.29) is 5.91 Å². The van der Waals surface area contributed by atoms with Gasteiger partial charge in [-0.25, -0.2) is 4.98 Å². The van der Waals surface area contributed by atoms with E-state index in [2.05, 4.69) is 17.2 Å². The standard InChI is InChI=1S/C19H18N2OS/c1-3-14-4-6-16(7-5-14)19(22)21-17-10-8-15(9-11-17)18-12-23-13(2)20-18/h4-12H,3H2,1-2H3,(H,21,22). The van der Waals surface area contributed by atoms with Crippen molar-refractivity contribution in [2.24, 2.45) is 0 Å². The van der Waals surface area contributed by atoms with Crippen LogP contribution >= 0.6 is 11.3 Å². The van der Waals surface area contributed by atoms with Gasteiger partial charge in [-0.1, -0.05) is 31.2 Å². The summed E-state index contributed by atoms with van der Waals surface area (Å²) in [6.07, 6.45) is 0.972. The van der Waals surface area contributed by atoms with E-state index in [0.717, 1.165) is 28.4 Å². The Morgan fingerprint density at radius 2 is 1.78 bits per heavy atom. The van der Waals surface area contributed by atoms with E-state index < -0.39 is 0 Å². The molecule has 1 amide bonds. The highest BCUT2D eigenvalue weighted by atomic mass is 32.1. The zero-order chi connectivity index (χ0) is 16.2. The largest absolute Gasteiger partial charge is 0.322 e. The molecule has 23 heavy (non-hydrogen) atoms. The van der Waals surface area contributed by atoms with E-state index in [9.17, 15) is 4.79 Å². The molecule has 1 heterocycles. The second kappa shape index (κ2) is 6.75. The van der Waals surface area contributed by atoms with Gasteiger partial charge in [0.15, 0.2) is 0 Å². The summed E-state index contributed by atoms with van der Waals surface area (Å²) in [5.74, 6) is -0.0927. The lowest BCUT2D eigenvalue weighted by molar-refractivity contribution is 0.102. The maximum atomic E-state index is 12.3. The third kappa shape index (κ3) is 3.66. The van der Waals surface area contributed by atoms with Gasteiger partial charge in [0.2, 0.25) is 0 Å². The Bertz CT molecular complexity index is 804. The molecule has 0 bridgehead atoms. The smallest absolute Gasteiger partial charge is 0.255 e. The number of nitrogens with zero attached hydrogens (tertiary/aromatic N) is 1. The number of amides is 1. The van der Waals surface area contributed by atoms with Crippen LogP contribution in [0.25, 0.3) is 11.3 Å². The number of hydrogen-bond donors (Lipinski definition) is 1. The van der Waals surface area contributed by atoms with E-state index in [0.29, 0.717) is 5.56 Å². The minimum atomic E-state index is -0.0927. The summed E-state index contributed by atoms with van der Waals surface area (Å²) in [6, 6.07) is 15.5. The molecule has 0 aliphatic rings. The van der Waals surface area contributed by atoms with Crippen LogP contribution in [0.15, 0.2) is 53.9 Å². The number of aryl methyl sites for hydroxylation is 2. The SMILES string of the molecule is CCc1ccc(C(=O)Nc2ccc(-c3csc(C)n3)cc2)cc1. The van der Waals surface area contributed by atoms with Crippen LogP contribution in [0.5, 0.6) is 0 Å². The molecule has 0 fully saturated rings. The Morgan fingerprint density at radius 3 is 2.35 bits per heavy atom. The van der Waals surface area contributed by atoms with E-state index in [1.807, 2.05) is 60.8 Å². The average molecular weight is 322 g/mol. The molecule has 3 nitrogen and oxygen atoms in total. The van der Waals surface area contributed by atoms with Gasteiger partial charge in [-0.15, -0.1) is 11.3 Å². The second-order valence-corrected chi connectivity index (χ2v) is 6.40. The number of anilines is 1. The highest BCUT2D eigenvalue weighted by Gasteiger charge is 2.07. The van der Waals surface area contributed by atoms with Crippen molar-refractivity contribution in [2.45, 2.75) is 20.3 Å². The maximum absolute atomic E-state index is 12.3. The normalized spacial score (nSPS) is 10.5. The Kier molecular flexibility index (Phi) is 4.53. The lowest BCUT2D eigenvalue weighted by Gasteiger charge is -2.06. The molecule has 0 aliphatic carbocycles. The van der Waals surface area contributed by atoms with Gasteiger partial charge in [-0.3, -0.25) is 4.79 Å². The molecular formula is C19H18N2OS. The van der Waals surface area contributed by atoms with Gasteiger partial charge in [0, 0.05) is 22.2 Å². The summed E-state index contributed by atoms with van der Waals surface area (Å²) >= 11 is 1.63. The molecule has 0 aliphatic heterocycles. The average Bonchev–Trinajstić information content (AvgIpc) is 3.02. The van der Waals surface area contributed by atoms with Gasteiger partial charge in [0.1, 0.15) is 0 Å². The van der Waals surface area contributed by atoms with E-state index in [4.69, 9.17) is 0 Å². The van der Waals surface area contributed by atoms with Crippen LogP contribution in [0.3, 0.4) is 0 Å². The molecule has 0 atom stereocenters. The molecule has 0 spiro atoms. The fraction of sp³-hybridized carbons (Fsp3) is 0.158. The minimum Gasteiger partial charge on any atom is -0.322 e. The molecule has 0 radical (unpaired) electrons. The number of nitrogens with one attached hydrogen (secondary N) is 1. The molecule has 0 saturated heterocycles. The van der Waals surface area contributed by atoms with Crippen molar-refractivity contribution in [2.75, 3.05) is 5.32 Å². The highest BCUT2D eigenvalue weighted by molar-refractivity contribution is 7.09. The van der Waals surface area contributed by atoms with Crippen molar-refractivity contribution < 1.29 is 4.79 Å². The van der Waals surface area contributed by atoms with Crippen molar-refractivity contribution in [3.05, 3.63) is 70.0 Å². The third-order valence-corrected chi connectivity index (χ3v) is 4.46. The van der Waals surface area contributed by atoms with Gasteiger partial charge in [0.25, 0.3) is 5.91 Å². The summed E-state index contributed by atoms with van der Waals surface area (Å²) < 4.78 is 0. The summed E-state index contributed by atoms with van der Waals surface area (Å²) in [5.41, 5.74) is 4.70. The first-order chi connectivity index (χ1) is 11.2. The van der Waals surface area contributed by atoms with Gasteiger partial charge in [-0.2, -0.15) is 0 Å². The van der Waals surface area contributed by atoms with Crippen molar-refractivity contribution in [1.82, 2.24) is 4.98 Å². The molecule has 1 aromatic heterocycles. The predicted molar refractivity (Wildman–Crippen MR) is 96.1 cm³/mol. The summed E-state index contributed by atoms with van der Waals surface area (Å²) in [6.45, 7) is 4.09. The molecule has 4 heteroatoms. The van der Waals surface area contributed by atoms with Crippen LogP contribution < -0.4 is 5.32 Å². The quantitative estimate of drug-likeness (QED) is 0.739. The lowest BCUT2D eigenvalue weighted by atomic mass is 10.1. The first kappa shape index (κ1) is 15.4. The van der Waals surface area contributed by atoms with Gasteiger partial charge in [-0.05, 0) is 43.2 Å². The van der Waals surface area contributed by atoms with E-state index in [1.54, 1.807) is 11.3 Å². The van der Waals surface area contributed by atoms with Crippen molar-refractivity contribution in [3.8, 4) is 11.3 Å². The fourth-order valence-electron chi connectivity index (χ4n) is 2.32. The minimum absolute atomic E-state index is 0.0927. The van der Waals surface area contributed by atoms with Crippen LogP contribution in [0.2, 0.25) is 0 Å². The maximum Gasteiger partial charge on any atom is 0.255 e. The van der Waals surface area contributed by atoms with Gasteiger partial charge < -0.3 is 5.32 Å². The number of thiazole rings is 1. The van der Waals surface area contributed by atoms with Crippen molar-refractivity contribution >= 4 is 22.9 Å². The van der Waals surface area contributed by atoms with Gasteiger partial charge >= 0.3 is 0 Å². The Morgan fingerprint density at radius 1 is 1.09 bits per heavy atom. The molecular weight excluding hydrogens is 304 g/mol. The first-order valence-electron chi connectivity index (χ1n) is 7.58. The molecule has 0 saturated carbocycles. The molecule has 2 aromatic carbocycles. The van der Waals surface area contributed by atoms with Crippen LogP contribution in [0.1, 0.15) is 27.9 Å². The van der Waals surface area contributed by atoms with Gasteiger partial charge in [0.05, 0.1) is 10.7 Å². The number of rotatable bonds is 4.